The second kappa shape index (κ2) is 6.11. The Balaban J connectivity index is 1.64. The molecule has 0 radical (unpaired) electrons. The Hall–Kier alpha value is -2.12. The molecule has 0 fully saturated rings. The van der Waals surface area contributed by atoms with Gasteiger partial charge in [-0.3, -0.25) is 4.79 Å². The maximum absolute atomic E-state index is 12.0. The van der Waals surface area contributed by atoms with Gasteiger partial charge in [0.15, 0.2) is 0 Å². The molecule has 7 heteroatoms. The summed E-state index contributed by atoms with van der Waals surface area (Å²) in [5, 5.41) is 2.87. The van der Waals surface area contributed by atoms with E-state index in [0.717, 1.165) is 27.7 Å². The molecule has 0 aliphatic carbocycles. The number of nitrogens with one attached hydrogen (secondary N) is 1. The van der Waals surface area contributed by atoms with Crippen LogP contribution in [0.1, 0.15) is 0 Å². The number of amides is 1. The number of hydrogen-bond acceptors (Lipinski definition) is 6. The largest absolute Gasteiger partial charge is 0.399 e. The molecule has 3 N–H and O–H groups in total. The fourth-order valence-electron chi connectivity index (χ4n) is 1.81. The molecule has 0 saturated carbocycles. The van der Waals surface area contributed by atoms with E-state index in [-0.39, 0.29) is 5.91 Å². The Kier molecular flexibility index (Phi) is 4.03. The van der Waals surface area contributed by atoms with Crippen molar-refractivity contribution in [2.45, 2.75) is 4.90 Å². The van der Waals surface area contributed by atoms with Crippen LogP contribution in [-0.2, 0) is 4.79 Å². The number of nitrogen functional groups attached to an aromatic ring is 1. The first kappa shape index (κ1) is 13.8. The van der Waals surface area contributed by atoms with Gasteiger partial charge in [-0.15, -0.1) is 11.8 Å². The summed E-state index contributed by atoms with van der Waals surface area (Å²) in [6.45, 7) is 0. The van der Waals surface area contributed by atoms with Crippen molar-refractivity contribution >= 4 is 51.8 Å². The second-order valence-corrected chi connectivity index (χ2v) is 5.92. The van der Waals surface area contributed by atoms with E-state index in [4.69, 9.17) is 5.73 Å². The molecule has 2 aromatic carbocycles. The Bertz CT molecular complexity index is 770. The Morgan fingerprint density at radius 1 is 1.19 bits per heavy atom. The van der Waals surface area contributed by atoms with Crippen LogP contribution in [0, 0.1) is 0 Å². The minimum atomic E-state index is -0.0719. The van der Waals surface area contributed by atoms with Crippen molar-refractivity contribution in [1.82, 2.24) is 8.75 Å². The molecule has 3 rings (SSSR count). The zero-order chi connectivity index (χ0) is 14.7. The third kappa shape index (κ3) is 3.32. The lowest BCUT2D eigenvalue weighted by Gasteiger charge is -2.05. The molecule has 0 spiro atoms. The first-order valence-electron chi connectivity index (χ1n) is 6.22. The summed E-state index contributed by atoms with van der Waals surface area (Å²) in [4.78, 5) is 13.0. The van der Waals surface area contributed by atoms with Crippen LogP contribution < -0.4 is 11.1 Å². The highest BCUT2D eigenvalue weighted by molar-refractivity contribution is 8.00. The molecule has 1 heterocycles. The van der Waals surface area contributed by atoms with Crippen LogP contribution in [0.25, 0.3) is 11.0 Å². The molecular formula is C14H12N4OS2. The van der Waals surface area contributed by atoms with Gasteiger partial charge in [0.2, 0.25) is 5.91 Å². The number of rotatable bonds is 4. The van der Waals surface area contributed by atoms with Gasteiger partial charge in [-0.2, -0.15) is 8.75 Å². The standard InChI is InChI=1S/C14H12N4OS2/c15-9-4-6-10(7-5-9)20-8-13(19)16-11-2-1-3-12-14(11)18-21-17-12/h1-7H,8,15H2,(H,16,19). The molecule has 0 bridgehead atoms. The van der Waals surface area contributed by atoms with Crippen molar-refractivity contribution in [2.24, 2.45) is 0 Å². The smallest absolute Gasteiger partial charge is 0.234 e. The van der Waals surface area contributed by atoms with Gasteiger partial charge in [0.05, 0.1) is 23.2 Å². The number of nitrogens with zero attached hydrogens (tertiary/aromatic N) is 2. The van der Waals surface area contributed by atoms with E-state index in [2.05, 4.69) is 14.1 Å². The number of carbonyl (C=O) groups is 1. The normalized spacial score (nSPS) is 10.7. The quantitative estimate of drug-likeness (QED) is 0.571. The molecule has 0 aliphatic rings. The predicted molar refractivity (Wildman–Crippen MR) is 87.6 cm³/mol. The van der Waals surface area contributed by atoms with E-state index in [1.807, 2.05) is 42.5 Å². The summed E-state index contributed by atoms with van der Waals surface area (Å²) in [7, 11) is 0. The van der Waals surface area contributed by atoms with Crippen LogP contribution >= 0.6 is 23.5 Å². The SMILES string of the molecule is Nc1ccc(SCC(=O)Nc2cccc3nsnc23)cc1. The maximum atomic E-state index is 12.0. The minimum Gasteiger partial charge on any atom is -0.399 e. The molecule has 106 valence electrons. The molecule has 3 aromatic rings. The lowest BCUT2D eigenvalue weighted by atomic mass is 10.2. The van der Waals surface area contributed by atoms with E-state index in [9.17, 15) is 4.79 Å². The molecule has 0 aliphatic heterocycles. The number of benzene rings is 2. The molecule has 0 atom stereocenters. The maximum Gasteiger partial charge on any atom is 0.234 e. The van der Waals surface area contributed by atoms with Crippen LogP contribution in [-0.4, -0.2) is 20.4 Å². The Labute approximate surface area is 129 Å². The van der Waals surface area contributed by atoms with Crippen molar-refractivity contribution in [1.29, 1.82) is 0 Å². The number of carbonyl (C=O) groups excluding carboxylic acids is 1. The minimum absolute atomic E-state index is 0.0719. The number of nitrogens with two attached hydrogens (primary N) is 1. The average Bonchev–Trinajstić information content (AvgIpc) is 2.96. The van der Waals surface area contributed by atoms with Crippen molar-refractivity contribution < 1.29 is 4.79 Å². The van der Waals surface area contributed by atoms with Gasteiger partial charge in [-0.1, -0.05) is 6.07 Å². The molecular weight excluding hydrogens is 304 g/mol. The van der Waals surface area contributed by atoms with Gasteiger partial charge in [0.1, 0.15) is 11.0 Å². The zero-order valence-electron chi connectivity index (χ0n) is 10.9. The first-order chi connectivity index (χ1) is 10.2. The van der Waals surface area contributed by atoms with Crippen LogP contribution in [0.2, 0.25) is 0 Å². The summed E-state index contributed by atoms with van der Waals surface area (Å²) in [5.41, 5.74) is 8.56. The van der Waals surface area contributed by atoms with Crippen molar-refractivity contribution in [3.8, 4) is 0 Å². The fraction of sp³-hybridized carbons (Fsp3) is 0.0714. The van der Waals surface area contributed by atoms with E-state index < -0.39 is 0 Å². The third-order valence-electron chi connectivity index (χ3n) is 2.81. The summed E-state index contributed by atoms with van der Waals surface area (Å²) in [6.07, 6.45) is 0. The lowest BCUT2D eigenvalue weighted by molar-refractivity contribution is -0.113. The number of aromatic nitrogens is 2. The van der Waals surface area contributed by atoms with Gasteiger partial charge in [0, 0.05) is 10.6 Å². The van der Waals surface area contributed by atoms with Crippen LogP contribution in [0.3, 0.4) is 0 Å². The zero-order valence-corrected chi connectivity index (χ0v) is 12.6. The predicted octanol–water partition coefficient (Wildman–Crippen LogP) is 3.00. The highest BCUT2D eigenvalue weighted by Crippen LogP contribution is 2.23. The monoisotopic (exact) mass is 316 g/mol. The molecule has 1 aromatic heterocycles. The highest BCUT2D eigenvalue weighted by atomic mass is 32.2. The van der Waals surface area contributed by atoms with Gasteiger partial charge in [-0.25, -0.2) is 0 Å². The summed E-state index contributed by atoms with van der Waals surface area (Å²) < 4.78 is 8.35. The van der Waals surface area contributed by atoms with Crippen molar-refractivity contribution in [2.75, 3.05) is 16.8 Å². The van der Waals surface area contributed by atoms with Crippen LogP contribution in [0.4, 0.5) is 11.4 Å². The average molecular weight is 316 g/mol. The first-order valence-corrected chi connectivity index (χ1v) is 7.93. The van der Waals surface area contributed by atoms with Crippen LogP contribution in [0.5, 0.6) is 0 Å². The number of thioether (sulfide) groups is 1. The summed E-state index contributed by atoms with van der Waals surface area (Å²) in [5.74, 6) is 0.259. The summed E-state index contributed by atoms with van der Waals surface area (Å²) >= 11 is 2.60. The van der Waals surface area contributed by atoms with E-state index in [1.54, 1.807) is 0 Å². The molecule has 21 heavy (non-hydrogen) atoms. The molecule has 1 amide bonds. The van der Waals surface area contributed by atoms with Gasteiger partial charge < -0.3 is 11.1 Å². The fourth-order valence-corrected chi connectivity index (χ4v) is 3.05. The van der Waals surface area contributed by atoms with E-state index in [1.165, 1.54) is 11.8 Å². The number of hydrogen-bond donors (Lipinski definition) is 2. The molecule has 0 unspecified atom stereocenters. The number of anilines is 2. The molecule has 0 saturated heterocycles. The van der Waals surface area contributed by atoms with E-state index in [0.29, 0.717) is 17.1 Å². The van der Waals surface area contributed by atoms with Gasteiger partial charge >= 0.3 is 0 Å². The Morgan fingerprint density at radius 3 is 2.81 bits per heavy atom. The molecule has 5 nitrogen and oxygen atoms in total. The summed E-state index contributed by atoms with van der Waals surface area (Å²) in [6, 6.07) is 13.0. The third-order valence-corrected chi connectivity index (χ3v) is 4.36. The van der Waals surface area contributed by atoms with E-state index >= 15 is 0 Å². The van der Waals surface area contributed by atoms with Crippen molar-refractivity contribution in [3.63, 3.8) is 0 Å². The topological polar surface area (TPSA) is 80.9 Å². The van der Waals surface area contributed by atoms with Crippen LogP contribution in [0.15, 0.2) is 47.4 Å². The highest BCUT2D eigenvalue weighted by Gasteiger charge is 2.08. The Morgan fingerprint density at radius 2 is 2.00 bits per heavy atom. The van der Waals surface area contributed by atoms with Gasteiger partial charge in [-0.05, 0) is 36.4 Å². The van der Waals surface area contributed by atoms with Gasteiger partial charge in [0.25, 0.3) is 0 Å². The second-order valence-electron chi connectivity index (χ2n) is 4.34. The number of fused-ring (bicyclic) bond motifs is 1. The lowest BCUT2D eigenvalue weighted by Crippen LogP contribution is -2.14. The van der Waals surface area contributed by atoms with Crippen molar-refractivity contribution in [3.05, 3.63) is 42.5 Å².